The monoisotopic (exact) mass is 453 g/mol. The fraction of sp³-hybridized carbons (Fsp3) is 0.316. The van der Waals surface area contributed by atoms with E-state index >= 15 is 0 Å². The van der Waals surface area contributed by atoms with Crippen LogP contribution in [0, 0.1) is 12.3 Å². The predicted octanol–water partition coefficient (Wildman–Crippen LogP) is -1.30. The Morgan fingerprint density at radius 1 is 1.04 bits per heavy atom. The van der Waals surface area contributed by atoms with Crippen molar-refractivity contribution in [2.24, 2.45) is 0 Å². The van der Waals surface area contributed by atoms with E-state index in [1.807, 2.05) is 18.2 Å². The minimum Gasteiger partial charge on any atom is -1.00 e. The van der Waals surface area contributed by atoms with Crippen LogP contribution in [0.3, 0.4) is 0 Å². The van der Waals surface area contributed by atoms with Crippen molar-refractivity contribution in [1.29, 1.82) is 0 Å². The summed E-state index contributed by atoms with van der Waals surface area (Å²) in [5.41, 5.74) is 2.61. The second-order valence-electron chi connectivity index (χ2n) is 6.50. The van der Waals surface area contributed by atoms with Crippen LogP contribution >= 0.6 is 0 Å². The van der Waals surface area contributed by atoms with Crippen molar-refractivity contribution in [3.63, 3.8) is 0 Å². The molecule has 0 amide bonds. The van der Waals surface area contributed by atoms with Crippen LogP contribution in [0.2, 0.25) is 13.1 Å². The van der Waals surface area contributed by atoms with Crippen molar-refractivity contribution < 1.29 is 51.0 Å². The number of rotatable bonds is 0. The maximum Gasteiger partial charge on any atom is 4.00 e. The number of nitrogens with one attached hydrogen (secondary N) is 1. The summed E-state index contributed by atoms with van der Waals surface area (Å²) in [5, 5.41) is 2.70. The maximum atomic E-state index is 3.23. The van der Waals surface area contributed by atoms with Gasteiger partial charge in [-0.2, -0.15) is 22.7 Å². The summed E-state index contributed by atoms with van der Waals surface area (Å²) in [4.78, 5) is 3.17. The van der Waals surface area contributed by atoms with Crippen LogP contribution in [0.15, 0.2) is 42.5 Å². The molecule has 0 radical (unpaired) electrons. The van der Waals surface area contributed by atoms with Crippen molar-refractivity contribution in [3.05, 3.63) is 60.3 Å². The molecular formula is C19H23Cl2NSiZr. The van der Waals surface area contributed by atoms with Crippen LogP contribution in [0.25, 0.3) is 10.9 Å². The Balaban J connectivity index is 0. The number of aromatic amines is 1. The number of H-pyrrole nitrogens is 1. The molecule has 0 saturated carbocycles. The van der Waals surface area contributed by atoms with E-state index < -0.39 is 0 Å². The fourth-order valence-electron chi connectivity index (χ4n) is 2.24. The molecule has 0 bridgehead atoms. The molecule has 0 unspecified atom stereocenters. The summed E-state index contributed by atoms with van der Waals surface area (Å²) in [6, 6.07) is 8.34. The predicted molar refractivity (Wildman–Crippen MR) is 95.3 cm³/mol. The fourth-order valence-corrected chi connectivity index (χ4v) is 3.04. The van der Waals surface area contributed by atoms with Crippen LogP contribution in [-0.2, 0) is 31.6 Å². The second kappa shape index (κ2) is 11.4. The molecule has 24 heavy (non-hydrogen) atoms. The van der Waals surface area contributed by atoms with Gasteiger partial charge < -0.3 is 29.8 Å². The van der Waals surface area contributed by atoms with Crippen molar-refractivity contribution in [1.82, 2.24) is 4.98 Å². The van der Waals surface area contributed by atoms with Crippen molar-refractivity contribution in [2.45, 2.75) is 39.3 Å². The summed E-state index contributed by atoms with van der Waals surface area (Å²) < 4.78 is 0. The SMILES string of the molecule is CC(C)(C)c1[c-][nH]c2ccccc12.C[Si](C)=C1[C-]=CC=C1.[Cl-].[Cl-].[Zr+4]. The molecule has 1 aliphatic carbocycles. The molecule has 5 heteroatoms. The summed E-state index contributed by atoms with van der Waals surface area (Å²) in [5.74, 6) is 0. The second-order valence-corrected chi connectivity index (χ2v) is 9.04. The van der Waals surface area contributed by atoms with Gasteiger partial charge >= 0.3 is 26.2 Å². The van der Waals surface area contributed by atoms with E-state index in [1.54, 1.807) is 0 Å². The number of hydrogen-bond donors (Lipinski definition) is 1. The quantitative estimate of drug-likeness (QED) is 0.375. The Labute approximate surface area is 179 Å². The van der Waals surface area contributed by atoms with Crippen molar-refractivity contribution in [3.8, 4) is 0 Å². The molecule has 3 rings (SSSR count). The van der Waals surface area contributed by atoms with Crippen molar-refractivity contribution >= 4 is 24.5 Å². The van der Waals surface area contributed by atoms with Gasteiger partial charge in [-0.25, -0.2) is 12.2 Å². The van der Waals surface area contributed by atoms with Gasteiger partial charge in [0.1, 0.15) is 0 Å². The summed E-state index contributed by atoms with van der Waals surface area (Å²) in [6.07, 6.45) is 12.6. The van der Waals surface area contributed by atoms with Gasteiger partial charge in [-0.15, -0.1) is 29.4 Å². The first-order valence-electron chi connectivity index (χ1n) is 7.32. The van der Waals surface area contributed by atoms with E-state index in [0.717, 1.165) is 0 Å². The molecule has 2 aromatic rings. The van der Waals surface area contributed by atoms with E-state index in [4.69, 9.17) is 0 Å². The minimum atomic E-state index is -0.225. The van der Waals surface area contributed by atoms with Crippen LogP contribution in [0.5, 0.6) is 0 Å². The average Bonchev–Trinajstić information content (AvgIpc) is 3.08. The first-order chi connectivity index (χ1) is 9.89. The van der Waals surface area contributed by atoms with Crippen LogP contribution in [-0.4, -0.2) is 18.6 Å². The normalized spacial score (nSPS) is 11.8. The van der Waals surface area contributed by atoms with Gasteiger partial charge in [0.2, 0.25) is 0 Å². The first-order valence-corrected chi connectivity index (χ1v) is 9.82. The third-order valence-electron chi connectivity index (χ3n) is 3.41. The Morgan fingerprint density at radius 3 is 2.12 bits per heavy atom. The molecule has 1 aromatic heterocycles. The van der Waals surface area contributed by atoms with Crippen molar-refractivity contribution in [2.75, 3.05) is 0 Å². The number of benzene rings is 1. The molecule has 1 heterocycles. The number of aromatic nitrogens is 1. The average molecular weight is 456 g/mol. The third kappa shape index (κ3) is 6.96. The van der Waals surface area contributed by atoms with E-state index in [-0.39, 0.29) is 64.8 Å². The standard InChI is InChI=1S/C12H14N.C7H9Si.2ClH.Zr/c1-12(2,3)10-8-13-11-7-5-4-6-9(10)11;1-8(2)7-5-3-4-6-7;;;/h4-7,13H,1-3H3;3-5H,1-2H3;2*1H;/q2*-1;;;+4/p-2. The Hall–Kier alpha value is -0.210. The molecule has 0 saturated heterocycles. The molecule has 1 aromatic carbocycles. The van der Waals surface area contributed by atoms with Gasteiger partial charge in [0.25, 0.3) is 0 Å². The largest absolute Gasteiger partial charge is 4.00 e. The van der Waals surface area contributed by atoms with Gasteiger partial charge in [-0.1, -0.05) is 46.0 Å². The Morgan fingerprint density at radius 2 is 1.67 bits per heavy atom. The third-order valence-corrected chi connectivity index (χ3v) is 4.79. The van der Waals surface area contributed by atoms with Crippen LogP contribution < -0.4 is 24.8 Å². The topological polar surface area (TPSA) is 15.8 Å². The molecule has 0 aliphatic heterocycles. The minimum absolute atomic E-state index is 0. The maximum absolute atomic E-state index is 3.23. The van der Waals surface area contributed by atoms with E-state index in [1.165, 1.54) is 21.6 Å². The number of allylic oxidation sites excluding steroid dienone is 4. The summed E-state index contributed by atoms with van der Waals surface area (Å²) in [7, 11) is -0.225. The zero-order valence-electron chi connectivity index (χ0n) is 14.8. The van der Waals surface area contributed by atoms with Gasteiger partial charge in [-0.05, 0) is 13.8 Å². The van der Waals surface area contributed by atoms with Gasteiger partial charge in [0.15, 0.2) is 0 Å². The summed E-state index contributed by atoms with van der Waals surface area (Å²) in [6.45, 7) is 11.2. The molecule has 0 atom stereocenters. The zero-order chi connectivity index (χ0) is 15.5. The van der Waals surface area contributed by atoms with E-state index in [2.05, 4.69) is 75.4 Å². The van der Waals surface area contributed by atoms with Crippen LogP contribution in [0.4, 0.5) is 0 Å². The van der Waals surface area contributed by atoms with Gasteiger partial charge in [0.05, 0.1) is 0 Å². The summed E-state index contributed by atoms with van der Waals surface area (Å²) >= 11 is 0. The Bertz CT molecular complexity index is 706. The number of halogens is 2. The zero-order valence-corrected chi connectivity index (χ0v) is 19.8. The first kappa shape index (κ1) is 26.0. The molecule has 0 spiro atoms. The molecule has 0 fully saturated rings. The molecular weight excluding hydrogens is 432 g/mol. The number of hydrogen-bond acceptors (Lipinski definition) is 0. The number of fused-ring (bicyclic) bond motifs is 1. The molecule has 1 nitrogen and oxygen atoms in total. The molecule has 1 N–H and O–H groups in total. The number of para-hydroxylation sites is 1. The Kier molecular flexibility index (Phi) is 12.4. The molecule has 126 valence electrons. The van der Waals surface area contributed by atoms with E-state index in [0.29, 0.717) is 0 Å². The van der Waals surface area contributed by atoms with Gasteiger partial charge in [-0.3, -0.25) is 0 Å². The smallest absolute Gasteiger partial charge is 1.00 e. The van der Waals surface area contributed by atoms with E-state index in [9.17, 15) is 0 Å². The molecule has 1 aliphatic rings. The van der Waals surface area contributed by atoms with Crippen LogP contribution in [0.1, 0.15) is 26.3 Å². The van der Waals surface area contributed by atoms with Gasteiger partial charge in [0, 0.05) is 0 Å².